The van der Waals surface area contributed by atoms with Crippen LogP contribution in [0.3, 0.4) is 0 Å². The minimum atomic E-state index is -0.394. The Bertz CT molecular complexity index is 166. The van der Waals surface area contributed by atoms with Crippen molar-refractivity contribution in [3.05, 3.63) is 12.2 Å². The lowest BCUT2D eigenvalue weighted by Gasteiger charge is -2.06. The second kappa shape index (κ2) is 7.80. The van der Waals surface area contributed by atoms with Crippen molar-refractivity contribution < 1.29 is 9.90 Å². The molecule has 0 aliphatic heterocycles. The van der Waals surface area contributed by atoms with Gasteiger partial charge >= 0.3 is 0 Å². The number of nitrogens with two attached hydrogens (primary N) is 1. The number of carbonyl (C=O) groups is 1. The zero-order chi connectivity index (χ0) is 10.1. The Kier molecular flexibility index (Phi) is 7.30. The van der Waals surface area contributed by atoms with Crippen LogP contribution in [0.4, 0.5) is 0 Å². The Morgan fingerprint density at radius 2 is 2.15 bits per heavy atom. The van der Waals surface area contributed by atoms with E-state index in [0.717, 1.165) is 12.8 Å². The number of aliphatic hydroxyl groups is 1. The van der Waals surface area contributed by atoms with Gasteiger partial charge in [-0.25, -0.2) is 0 Å². The number of aliphatic hydroxyl groups excluding tert-OH is 1. The third-order valence-electron chi connectivity index (χ3n) is 1.79. The van der Waals surface area contributed by atoms with Gasteiger partial charge < -0.3 is 10.8 Å². The lowest BCUT2D eigenvalue weighted by Crippen LogP contribution is -2.15. The number of allylic oxidation sites excluding steroid dienone is 2. The van der Waals surface area contributed by atoms with Crippen molar-refractivity contribution in [2.45, 2.75) is 45.1 Å². The van der Waals surface area contributed by atoms with Crippen LogP contribution in [0.15, 0.2) is 12.2 Å². The summed E-state index contributed by atoms with van der Waals surface area (Å²) >= 11 is 0. The second-order valence-corrected chi connectivity index (χ2v) is 3.12. The molecule has 0 aliphatic rings. The first-order valence-electron chi connectivity index (χ1n) is 4.78. The number of hydrogen-bond acceptors (Lipinski definition) is 2. The predicted molar refractivity (Wildman–Crippen MR) is 53.1 cm³/mol. The fourth-order valence-corrected chi connectivity index (χ4v) is 1.03. The van der Waals surface area contributed by atoms with E-state index < -0.39 is 6.10 Å². The van der Waals surface area contributed by atoms with Crippen LogP contribution >= 0.6 is 0 Å². The Balaban J connectivity index is 3.34. The lowest BCUT2D eigenvalue weighted by molar-refractivity contribution is -0.118. The van der Waals surface area contributed by atoms with E-state index in [0.29, 0.717) is 12.8 Å². The van der Waals surface area contributed by atoms with Gasteiger partial charge in [-0.1, -0.05) is 19.1 Å². The summed E-state index contributed by atoms with van der Waals surface area (Å²) in [6.07, 6.45) is 7.09. The molecule has 0 rings (SSSR count). The lowest BCUT2D eigenvalue weighted by atomic mass is 10.1. The molecule has 0 heterocycles. The first-order chi connectivity index (χ1) is 6.16. The topological polar surface area (TPSA) is 63.3 Å². The molecule has 1 unspecified atom stereocenters. The minimum Gasteiger partial charge on any atom is -0.393 e. The molecule has 0 saturated carbocycles. The predicted octanol–water partition coefficient (Wildman–Crippen LogP) is 1.36. The van der Waals surface area contributed by atoms with Crippen LogP contribution in [0, 0.1) is 0 Å². The second-order valence-electron chi connectivity index (χ2n) is 3.12. The Morgan fingerprint density at radius 1 is 1.46 bits per heavy atom. The average molecular weight is 185 g/mol. The summed E-state index contributed by atoms with van der Waals surface area (Å²) in [5, 5.41) is 9.36. The monoisotopic (exact) mass is 185 g/mol. The highest BCUT2D eigenvalue weighted by atomic mass is 16.3. The molecule has 3 nitrogen and oxygen atoms in total. The largest absolute Gasteiger partial charge is 0.393 e. The van der Waals surface area contributed by atoms with E-state index in [4.69, 9.17) is 5.73 Å². The van der Waals surface area contributed by atoms with Gasteiger partial charge in [-0.15, -0.1) is 0 Å². The summed E-state index contributed by atoms with van der Waals surface area (Å²) in [5.74, 6) is -0.344. The van der Waals surface area contributed by atoms with Crippen LogP contribution < -0.4 is 5.73 Å². The van der Waals surface area contributed by atoms with Gasteiger partial charge in [0.05, 0.1) is 6.10 Å². The van der Waals surface area contributed by atoms with E-state index in [-0.39, 0.29) is 12.3 Å². The summed E-state index contributed by atoms with van der Waals surface area (Å²) in [7, 11) is 0. The Morgan fingerprint density at radius 3 is 2.69 bits per heavy atom. The van der Waals surface area contributed by atoms with Crippen molar-refractivity contribution in [3.8, 4) is 0 Å². The van der Waals surface area contributed by atoms with E-state index >= 15 is 0 Å². The van der Waals surface area contributed by atoms with Gasteiger partial charge in [-0.2, -0.15) is 0 Å². The van der Waals surface area contributed by atoms with Crippen LogP contribution in [-0.4, -0.2) is 17.1 Å². The summed E-state index contributed by atoms with van der Waals surface area (Å²) in [6, 6.07) is 0. The number of amides is 1. The fourth-order valence-electron chi connectivity index (χ4n) is 1.03. The van der Waals surface area contributed by atoms with Crippen LogP contribution in [-0.2, 0) is 4.79 Å². The number of rotatable bonds is 7. The molecule has 0 fully saturated rings. The molecule has 0 aromatic carbocycles. The first-order valence-corrected chi connectivity index (χ1v) is 4.78. The molecular weight excluding hydrogens is 166 g/mol. The quantitative estimate of drug-likeness (QED) is 0.588. The highest BCUT2D eigenvalue weighted by Crippen LogP contribution is 2.05. The summed E-state index contributed by atoms with van der Waals surface area (Å²) in [6.45, 7) is 2.07. The van der Waals surface area contributed by atoms with Gasteiger partial charge in [0.1, 0.15) is 0 Å². The van der Waals surface area contributed by atoms with E-state index in [1.54, 1.807) is 0 Å². The third kappa shape index (κ3) is 9.08. The Labute approximate surface area is 79.6 Å². The zero-order valence-corrected chi connectivity index (χ0v) is 8.20. The molecule has 3 N–H and O–H groups in total. The average Bonchev–Trinajstić information content (AvgIpc) is 2.09. The minimum absolute atomic E-state index is 0.276. The molecule has 0 saturated heterocycles. The van der Waals surface area contributed by atoms with Gasteiger partial charge in [0.25, 0.3) is 0 Å². The van der Waals surface area contributed by atoms with Crippen LogP contribution in [0.5, 0.6) is 0 Å². The fraction of sp³-hybridized carbons (Fsp3) is 0.700. The zero-order valence-electron chi connectivity index (χ0n) is 8.20. The van der Waals surface area contributed by atoms with E-state index in [1.807, 2.05) is 6.08 Å². The standard InChI is InChI=1S/C10H19NO2/c1-2-3-4-5-6-9(12)7-8-10(11)13/h3-4,9,12H,2,5-8H2,1H3,(H2,11,13)/b4-3-. The van der Waals surface area contributed by atoms with Crippen LogP contribution in [0.2, 0.25) is 0 Å². The van der Waals surface area contributed by atoms with Crippen molar-refractivity contribution in [3.63, 3.8) is 0 Å². The highest BCUT2D eigenvalue weighted by molar-refractivity contribution is 5.73. The summed E-state index contributed by atoms with van der Waals surface area (Å²) < 4.78 is 0. The molecule has 0 radical (unpaired) electrons. The molecule has 0 spiro atoms. The van der Waals surface area contributed by atoms with Gasteiger partial charge in [0.15, 0.2) is 0 Å². The molecule has 0 bridgehead atoms. The van der Waals surface area contributed by atoms with E-state index in [1.165, 1.54) is 0 Å². The van der Waals surface area contributed by atoms with Crippen molar-refractivity contribution in [2.75, 3.05) is 0 Å². The Hall–Kier alpha value is -0.830. The van der Waals surface area contributed by atoms with Gasteiger partial charge in [0, 0.05) is 6.42 Å². The number of hydrogen-bond donors (Lipinski definition) is 2. The van der Waals surface area contributed by atoms with E-state index in [2.05, 4.69) is 13.0 Å². The number of carbonyl (C=O) groups excluding carboxylic acids is 1. The molecule has 1 atom stereocenters. The molecule has 0 aromatic heterocycles. The van der Waals surface area contributed by atoms with Gasteiger partial charge in [0.2, 0.25) is 5.91 Å². The molecule has 0 aliphatic carbocycles. The van der Waals surface area contributed by atoms with Crippen molar-refractivity contribution in [1.29, 1.82) is 0 Å². The maximum atomic E-state index is 10.4. The summed E-state index contributed by atoms with van der Waals surface area (Å²) in [5.41, 5.74) is 4.95. The van der Waals surface area contributed by atoms with Gasteiger partial charge in [-0.05, 0) is 25.7 Å². The molecule has 3 heteroatoms. The molecule has 1 amide bonds. The van der Waals surface area contributed by atoms with E-state index in [9.17, 15) is 9.90 Å². The third-order valence-corrected chi connectivity index (χ3v) is 1.79. The molecular formula is C10H19NO2. The normalized spacial score (nSPS) is 13.4. The molecule has 13 heavy (non-hydrogen) atoms. The number of primary amides is 1. The first kappa shape index (κ1) is 12.2. The van der Waals surface area contributed by atoms with Crippen molar-refractivity contribution in [1.82, 2.24) is 0 Å². The maximum Gasteiger partial charge on any atom is 0.217 e. The highest BCUT2D eigenvalue weighted by Gasteiger charge is 2.04. The van der Waals surface area contributed by atoms with Gasteiger partial charge in [-0.3, -0.25) is 4.79 Å². The van der Waals surface area contributed by atoms with Crippen molar-refractivity contribution >= 4 is 5.91 Å². The smallest absolute Gasteiger partial charge is 0.217 e. The SMILES string of the molecule is CC/C=C\CCC(O)CCC(N)=O. The molecule has 0 aromatic rings. The summed E-state index contributed by atoms with van der Waals surface area (Å²) in [4.78, 5) is 10.4. The van der Waals surface area contributed by atoms with Crippen molar-refractivity contribution in [2.24, 2.45) is 5.73 Å². The maximum absolute atomic E-state index is 10.4. The van der Waals surface area contributed by atoms with Crippen LogP contribution in [0.25, 0.3) is 0 Å². The molecule has 76 valence electrons. The van der Waals surface area contributed by atoms with Crippen LogP contribution in [0.1, 0.15) is 39.0 Å².